The predicted molar refractivity (Wildman–Crippen MR) is 49.4 cm³/mol. The van der Waals surface area contributed by atoms with Crippen LogP contribution in [-0.2, 0) is 9.53 Å². The van der Waals surface area contributed by atoms with Crippen molar-refractivity contribution in [2.45, 2.75) is 20.3 Å². The Morgan fingerprint density at radius 1 is 1.50 bits per heavy atom. The lowest BCUT2D eigenvalue weighted by atomic mass is 9.97. The normalized spacial score (nSPS) is 12.2. The topological polar surface area (TPSA) is 26.3 Å². The number of esters is 1. The van der Waals surface area contributed by atoms with Crippen molar-refractivity contribution >= 4 is 5.97 Å². The highest BCUT2D eigenvalue weighted by atomic mass is 16.5. The summed E-state index contributed by atoms with van der Waals surface area (Å²) in [5.41, 5.74) is 0. The van der Waals surface area contributed by atoms with Crippen LogP contribution in [-0.4, -0.2) is 5.97 Å². The van der Waals surface area contributed by atoms with Crippen molar-refractivity contribution in [3.05, 3.63) is 25.5 Å². The van der Waals surface area contributed by atoms with Crippen molar-refractivity contribution in [3.63, 3.8) is 0 Å². The Morgan fingerprint density at radius 3 is 2.42 bits per heavy atom. The van der Waals surface area contributed by atoms with Gasteiger partial charge in [-0.1, -0.05) is 26.5 Å². The van der Waals surface area contributed by atoms with Gasteiger partial charge in [0.25, 0.3) is 0 Å². The van der Waals surface area contributed by atoms with Crippen molar-refractivity contribution in [1.29, 1.82) is 0 Å². The van der Waals surface area contributed by atoms with Crippen LogP contribution >= 0.6 is 0 Å². The molecule has 0 fully saturated rings. The Bertz CT molecular complexity index is 171. The first-order chi connectivity index (χ1) is 5.61. The second-order valence-electron chi connectivity index (χ2n) is 3.08. The van der Waals surface area contributed by atoms with Crippen LogP contribution in [0, 0.1) is 11.8 Å². The molecular formula is C10H16O2. The number of ether oxygens (including phenoxy) is 1. The SMILES string of the molecule is C=COC(=O)C(C=C)CC(C)C. The van der Waals surface area contributed by atoms with Gasteiger partial charge in [-0.15, -0.1) is 6.58 Å². The van der Waals surface area contributed by atoms with Gasteiger partial charge in [-0.3, -0.25) is 4.79 Å². The number of hydrogen-bond donors (Lipinski definition) is 0. The van der Waals surface area contributed by atoms with Crippen LogP contribution < -0.4 is 0 Å². The van der Waals surface area contributed by atoms with E-state index in [1.165, 1.54) is 0 Å². The van der Waals surface area contributed by atoms with Crippen LogP contribution in [0.4, 0.5) is 0 Å². The second-order valence-corrected chi connectivity index (χ2v) is 3.08. The molecule has 0 aromatic rings. The minimum absolute atomic E-state index is 0.206. The lowest BCUT2D eigenvalue weighted by Gasteiger charge is -2.11. The van der Waals surface area contributed by atoms with Gasteiger partial charge < -0.3 is 4.74 Å². The molecule has 0 bridgehead atoms. The number of hydrogen-bond acceptors (Lipinski definition) is 2. The molecule has 0 aliphatic rings. The van der Waals surface area contributed by atoms with E-state index in [9.17, 15) is 4.79 Å². The maximum Gasteiger partial charge on any atom is 0.317 e. The third kappa shape index (κ3) is 3.96. The van der Waals surface area contributed by atoms with Gasteiger partial charge in [-0.05, 0) is 12.3 Å². The summed E-state index contributed by atoms with van der Waals surface area (Å²) in [5.74, 6) is -0.0120. The Labute approximate surface area is 73.9 Å². The van der Waals surface area contributed by atoms with Gasteiger partial charge in [0, 0.05) is 0 Å². The van der Waals surface area contributed by atoms with E-state index in [0.717, 1.165) is 12.7 Å². The molecule has 12 heavy (non-hydrogen) atoms. The van der Waals surface area contributed by atoms with E-state index in [1.807, 2.05) is 0 Å². The molecule has 2 nitrogen and oxygen atoms in total. The zero-order valence-corrected chi connectivity index (χ0v) is 7.75. The highest BCUT2D eigenvalue weighted by Gasteiger charge is 2.16. The van der Waals surface area contributed by atoms with Crippen LogP contribution in [0.25, 0.3) is 0 Å². The summed E-state index contributed by atoms with van der Waals surface area (Å²) in [6.45, 7) is 11.0. The monoisotopic (exact) mass is 168 g/mol. The first-order valence-electron chi connectivity index (χ1n) is 4.05. The minimum Gasteiger partial charge on any atom is -0.435 e. The van der Waals surface area contributed by atoms with Gasteiger partial charge in [-0.25, -0.2) is 0 Å². The Kier molecular flexibility index (Phi) is 5.09. The van der Waals surface area contributed by atoms with E-state index in [0.29, 0.717) is 5.92 Å². The molecule has 0 spiro atoms. The Hall–Kier alpha value is -1.05. The standard InChI is InChI=1S/C10H16O2/c1-5-9(7-8(3)4)10(11)12-6-2/h5-6,8-9H,1-2,7H2,3-4H3. The van der Waals surface area contributed by atoms with E-state index in [1.54, 1.807) is 6.08 Å². The first kappa shape index (κ1) is 11.0. The van der Waals surface area contributed by atoms with Crippen molar-refractivity contribution in [2.24, 2.45) is 11.8 Å². The van der Waals surface area contributed by atoms with Gasteiger partial charge in [0.05, 0.1) is 12.2 Å². The summed E-state index contributed by atoms with van der Waals surface area (Å²) >= 11 is 0. The molecule has 0 rings (SSSR count). The lowest BCUT2D eigenvalue weighted by Crippen LogP contribution is -2.15. The largest absolute Gasteiger partial charge is 0.435 e. The van der Waals surface area contributed by atoms with Crippen LogP contribution in [0.1, 0.15) is 20.3 Å². The Morgan fingerprint density at radius 2 is 2.08 bits per heavy atom. The van der Waals surface area contributed by atoms with Crippen LogP contribution in [0.3, 0.4) is 0 Å². The Balaban J connectivity index is 4.04. The van der Waals surface area contributed by atoms with Crippen molar-refractivity contribution in [2.75, 3.05) is 0 Å². The third-order valence-electron chi connectivity index (χ3n) is 1.51. The molecule has 0 heterocycles. The molecular weight excluding hydrogens is 152 g/mol. The highest BCUT2D eigenvalue weighted by Crippen LogP contribution is 2.14. The number of carbonyl (C=O) groups is 1. The predicted octanol–water partition coefficient (Wildman–Crippen LogP) is 2.52. The van der Waals surface area contributed by atoms with Gasteiger partial charge in [0.1, 0.15) is 0 Å². The van der Waals surface area contributed by atoms with Gasteiger partial charge in [0.15, 0.2) is 0 Å². The summed E-state index contributed by atoms with van der Waals surface area (Å²) in [4.78, 5) is 11.1. The fraction of sp³-hybridized carbons (Fsp3) is 0.500. The summed E-state index contributed by atoms with van der Waals surface area (Å²) in [6.07, 6.45) is 3.54. The third-order valence-corrected chi connectivity index (χ3v) is 1.51. The number of rotatable bonds is 5. The molecule has 0 aromatic heterocycles. The summed E-state index contributed by atoms with van der Waals surface area (Å²) in [6, 6.07) is 0. The van der Waals surface area contributed by atoms with E-state index >= 15 is 0 Å². The smallest absolute Gasteiger partial charge is 0.317 e. The first-order valence-corrected chi connectivity index (χ1v) is 4.05. The van der Waals surface area contributed by atoms with Gasteiger partial charge in [0.2, 0.25) is 0 Å². The van der Waals surface area contributed by atoms with Crippen LogP contribution in [0.5, 0.6) is 0 Å². The summed E-state index contributed by atoms with van der Waals surface area (Å²) < 4.78 is 4.65. The van der Waals surface area contributed by atoms with Crippen molar-refractivity contribution < 1.29 is 9.53 Å². The molecule has 1 unspecified atom stereocenters. The average molecular weight is 168 g/mol. The maximum absolute atomic E-state index is 11.1. The molecule has 0 amide bonds. The van der Waals surface area contributed by atoms with E-state index < -0.39 is 0 Å². The molecule has 0 saturated carbocycles. The molecule has 2 heteroatoms. The lowest BCUT2D eigenvalue weighted by molar-refractivity contribution is -0.141. The molecule has 1 atom stereocenters. The molecule has 0 aromatic carbocycles. The average Bonchev–Trinajstić information content (AvgIpc) is 2.00. The van der Waals surface area contributed by atoms with E-state index in [4.69, 9.17) is 0 Å². The second kappa shape index (κ2) is 5.58. The summed E-state index contributed by atoms with van der Waals surface area (Å²) in [5, 5.41) is 0. The van der Waals surface area contributed by atoms with Crippen molar-refractivity contribution in [3.8, 4) is 0 Å². The summed E-state index contributed by atoms with van der Waals surface area (Å²) in [7, 11) is 0. The highest BCUT2D eigenvalue weighted by molar-refractivity contribution is 5.74. The molecule has 68 valence electrons. The molecule has 0 N–H and O–H groups in total. The van der Waals surface area contributed by atoms with Crippen LogP contribution in [0.2, 0.25) is 0 Å². The molecule has 0 aliphatic carbocycles. The zero-order chi connectivity index (χ0) is 9.56. The number of carbonyl (C=O) groups excluding carboxylic acids is 1. The van der Waals surface area contributed by atoms with E-state index in [-0.39, 0.29) is 11.9 Å². The van der Waals surface area contributed by atoms with Crippen molar-refractivity contribution in [1.82, 2.24) is 0 Å². The van der Waals surface area contributed by atoms with Crippen LogP contribution in [0.15, 0.2) is 25.5 Å². The zero-order valence-electron chi connectivity index (χ0n) is 7.75. The quantitative estimate of drug-likeness (QED) is 0.358. The van der Waals surface area contributed by atoms with E-state index in [2.05, 4.69) is 31.7 Å². The fourth-order valence-corrected chi connectivity index (χ4v) is 0.966. The fourth-order valence-electron chi connectivity index (χ4n) is 0.966. The van der Waals surface area contributed by atoms with Gasteiger partial charge >= 0.3 is 5.97 Å². The maximum atomic E-state index is 11.1. The molecule has 0 saturated heterocycles. The molecule has 0 aliphatic heterocycles. The van der Waals surface area contributed by atoms with Gasteiger partial charge in [-0.2, -0.15) is 0 Å². The molecule has 0 radical (unpaired) electrons. The minimum atomic E-state index is -0.270.